The minimum atomic E-state index is -0.729. The molecule has 0 bridgehead atoms. The van der Waals surface area contributed by atoms with Gasteiger partial charge in [-0.25, -0.2) is 15.0 Å². The van der Waals surface area contributed by atoms with Gasteiger partial charge in [0, 0.05) is 30.3 Å². The van der Waals surface area contributed by atoms with Crippen LogP contribution in [0.1, 0.15) is 22.5 Å². The first-order valence-corrected chi connectivity index (χ1v) is 9.71. The monoisotopic (exact) mass is 418 g/mol. The lowest BCUT2D eigenvalue weighted by Gasteiger charge is -2.15. The van der Waals surface area contributed by atoms with Crippen LogP contribution in [-0.2, 0) is 0 Å². The second-order valence-corrected chi connectivity index (χ2v) is 7.04. The van der Waals surface area contributed by atoms with Crippen molar-refractivity contribution in [2.75, 3.05) is 24.2 Å². The van der Waals surface area contributed by atoms with Crippen molar-refractivity contribution >= 4 is 28.4 Å². The van der Waals surface area contributed by atoms with Crippen molar-refractivity contribution in [3.05, 3.63) is 47.9 Å². The van der Waals surface area contributed by atoms with Crippen LogP contribution in [0.25, 0.3) is 33.4 Å². The predicted octanol–water partition coefficient (Wildman–Crippen LogP) is 1.87. The van der Waals surface area contributed by atoms with Crippen LogP contribution in [0, 0.1) is 6.92 Å². The molecule has 10 heteroatoms. The second-order valence-electron chi connectivity index (χ2n) is 7.04. The molecule has 4 rings (SSSR count). The molecular weight excluding hydrogens is 396 g/mol. The molecule has 3 aromatic heterocycles. The van der Waals surface area contributed by atoms with Gasteiger partial charge in [0.05, 0.1) is 28.8 Å². The van der Waals surface area contributed by atoms with Crippen LogP contribution < -0.4 is 16.8 Å². The number of nitrogens with two attached hydrogens (primary N) is 2. The van der Waals surface area contributed by atoms with Crippen molar-refractivity contribution in [1.82, 2.24) is 25.1 Å². The Morgan fingerprint density at radius 3 is 2.84 bits per heavy atom. The third kappa shape index (κ3) is 3.88. The van der Waals surface area contributed by atoms with E-state index < -0.39 is 5.91 Å². The Morgan fingerprint density at radius 1 is 1.23 bits per heavy atom. The van der Waals surface area contributed by atoms with Gasteiger partial charge >= 0.3 is 0 Å². The molecule has 0 aliphatic carbocycles. The van der Waals surface area contributed by atoms with Crippen LogP contribution in [-0.4, -0.2) is 49.3 Å². The quantitative estimate of drug-likeness (QED) is 0.283. The number of amides is 1. The van der Waals surface area contributed by atoms with Gasteiger partial charge in [-0.2, -0.15) is 5.10 Å². The molecule has 0 saturated heterocycles. The molecule has 0 atom stereocenters. The van der Waals surface area contributed by atoms with Crippen molar-refractivity contribution in [1.29, 1.82) is 0 Å². The van der Waals surface area contributed by atoms with Gasteiger partial charge in [0.15, 0.2) is 5.69 Å². The lowest BCUT2D eigenvalue weighted by Crippen LogP contribution is -2.17. The molecule has 0 radical (unpaired) electrons. The number of aliphatic hydroxyl groups excluding tert-OH is 1. The van der Waals surface area contributed by atoms with Crippen molar-refractivity contribution < 1.29 is 9.90 Å². The summed E-state index contributed by atoms with van der Waals surface area (Å²) in [5.74, 6) is -0.340. The average Bonchev–Trinajstić information content (AvgIpc) is 3.23. The third-order valence-corrected chi connectivity index (χ3v) is 4.93. The number of anilines is 2. The number of fused-ring (bicyclic) bond motifs is 1. The number of benzene rings is 1. The zero-order chi connectivity index (χ0) is 22.0. The molecule has 10 nitrogen and oxygen atoms in total. The average molecular weight is 418 g/mol. The number of hydrogen-bond acceptors (Lipinski definition) is 8. The van der Waals surface area contributed by atoms with Crippen LogP contribution in [0.4, 0.5) is 11.6 Å². The fraction of sp³-hybridized carbons (Fsp3) is 0.190. The van der Waals surface area contributed by atoms with E-state index in [0.717, 1.165) is 22.0 Å². The maximum Gasteiger partial charge on any atom is 0.269 e. The van der Waals surface area contributed by atoms with E-state index in [1.54, 1.807) is 24.5 Å². The molecule has 7 N–H and O–H groups in total. The number of primary amides is 1. The number of rotatable bonds is 7. The van der Waals surface area contributed by atoms with Crippen molar-refractivity contribution in [2.24, 2.45) is 5.73 Å². The summed E-state index contributed by atoms with van der Waals surface area (Å²) in [6, 6.07) is 7.36. The number of hydrogen-bond donors (Lipinski definition) is 5. The number of pyridine rings is 1. The zero-order valence-electron chi connectivity index (χ0n) is 16.9. The molecule has 0 fully saturated rings. The Hall–Kier alpha value is -4.05. The zero-order valence-corrected chi connectivity index (χ0v) is 16.9. The molecule has 0 unspecified atom stereocenters. The van der Waals surface area contributed by atoms with E-state index in [4.69, 9.17) is 16.6 Å². The first-order chi connectivity index (χ1) is 15.0. The first-order valence-electron chi connectivity index (χ1n) is 9.71. The van der Waals surface area contributed by atoms with Crippen LogP contribution >= 0.6 is 0 Å². The highest BCUT2D eigenvalue weighted by Gasteiger charge is 2.20. The van der Waals surface area contributed by atoms with E-state index >= 15 is 0 Å². The van der Waals surface area contributed by atoms with Crippen LogP contribution in [0.15, 0.2) is 36.7 Å². The largest absolute Gasteiger partial charge is 0.396 e. The molecular formula is C21H22N8O2. The molecule has 0 saturated carbocycles. The van der Waals surface area contributed by atoms with E-state index in [1.165, 1.54) is 0 Å². The summed E-state index contributed by atoms with van der Waals surface area (Å²) in [4.78, 5) is 25.2. The molecule has 0 aliphatic heterocycles. The van der Waals surface area contributed by atoms with Gasteiger partial charge in [-0.05, 0) is 42.7 Å². The van der Waals surface area contributed by atoms with E-state index in [1.807, 2.05) is 19.1 Å². The number of nitrogen functional groups attached to an aromatic ring is 1. The number of aliphatic hydroxyl groups is 1. The number of aryl methyl sites for hydroxylation is 1. The number of H-pyrrole nitrogens is 1. The maximum atomic E-state index is 12.1. The fourth-order valence-corrected chi connectivity index (χ4v) is 3.43. The number of aromatic amines is 1. The van der Waals surface area contributed by atoms with Gasteiger partial charge in [-0.3, -0.25) is 9.89 Å². The first kappa shape index (κ1) is 20.2. The molecule has 158 valence electrons. The summed E-state index contributed by atoms with van der Waals surface area (Å²) in [6.45, 7) is 2.55. The van der Waals surface area contributed by atoms with Crippen molar-refractivity contribution in [2.45, 2.75) is 13.3 Å². The summed E-state index contributed by atoms with van der Waals surface area (Å²) >= 11 is 0. The minimum absolute atomic E-state index is 0.0270. The minimum Gasteiger partial charge on any atom is -0.396 e. The van der Waals surface area contributed by atoms with E-state index in [0.29, 0.717) is 35.9 Å². The van der Waals surface area contributed by atoms with Crippen LogP contribution in [0.5, 0.6) is 0 Å². The normalized spacial score (nSPS) is 11.0. The molecule has 0 aliphatic rings. The smallest absolute Gasteiger partial charge is 0.269 e. The Labute approximate surface area is 177 Å². The Bertz CT molecular complexity index is 1270. The van der Waals surface area contributed by atoms with Crippen LogP contribution in [0.2, 0.25) is 0 Å². The molecule has 3 heterocycles. The molecule has 31 heavy (non-hydrogen) atoms. The lowest BCUT2D eigenvalue weighted by atomic mass is 9.94. The Kier molecular flexibility index (Phi) is 5.46. The standard InChI is InChI=1S/C21H22N8O2/c1-11-3-4-14-13(10-26-29-14)17(11)12-9-16(27-19(18(12)22)20(23)31)15-5-7-25-21(28-15)24-6-2-8-30/h3-5,7,9-10,30H,2,6,8,22H2,1H3,(H2,23,31)(H,26,29)(H,24,25,28). The Balaban J connectivity index is 1.89. The van der Waals surface area contributed by atoms with Gasteiger partial charge in [0.25, 0.3) is 5.91 Å². The highest BCUT2D eigenvalue weighted by molar-refractivity contribution is 6.05. The molecule has 4 aromatic rings. The summed E-state index contributed by atoms with van der Waals surface area (Å²) in [5, 5.41) is 19.9. The number of nitrogens with one attached hydrogen (secondary N) is 2. The van der Waals surface area contributed by atoms with Crippen molar-refractivity contribution in [3.63, 3.8) is 0 Å². The third-order valence-electron chi connectivity index (χ3n) is 4.93. The lowest BCUT2D eigenvalue weighted by molar-refractivity contribution is 0.0996. The molecule has 1 aromatic carbocycles. The van der Waals surface area contributed by atoms with Crippen molar-refractivity contribution in [3.8, 4) is 22.5 Å². The summed E-state index contributed by atoms with van der Waals surface area (Å²) in [6.07, 6.45) is 3.87. The summed E-state index contributed by atoms with van der Waals surface area (Å²) in [5.41, 5.74) is 16.3. The highest BCUT2D eigenvalue weighted by atomic mass is 16.3. The van der Waals surface area contributed by atoms with E-state index in [2.05, 4.69) is 30.5 Å². The second kappa shape index (κ2) is 8.36. The van der Waals surface area contributed by atoms with Gasteiger partial charge in [0.1, 0.15) is 0 Å². The topological polar surface area (TPSA) is 169 Å². The highest BCUT2D eigenvalue weighted by Crippen LogP contribution is 2.37. The van der Waals surface area contributed by atoms with Gasteiger partial charge < -0.3 is 21.9 Å². The SMILES string of the molecule is Cc1ccc2[nH]ncc2c1-c1cc(-c2ccnc(NCCCO)n2)nc(C(N)=O)c1N. The van der Waals surface area contributed by atoms with Gasteiger partial charge in [-0.15, -0.1) is 0 Å². The Morgan fingerprint density at radius 2 is 2.06 bits per heavy atom. The number of carbonyl (C=O) groups excluding carboxylic acids is 1. The molecule has 0 spiro atoms. The predicted molar refractivity (Wildman–Crippen MR) is 118 cm³/mol. The number of carbonyl (C=O) groups is 1. The fourth-order valence-electron chi connectivity index (χ4n) is 3.43. The van der Waals surface area contributed by atoms with Gasteiger partial charge in [-0.1, -0.05) is 6.07 Å². The number of aromatic nitrogens is 5. The van der Waals surface area contributed by atoms with E-state index in [-0.39, 0.29) is 18.0 Å². The van der Waals surface area contributed by atoms with Crippen LogP contribution in [0.3, 0.4) is 0 Å². The maximum absolute atomic E-state index is 12.1. The summed E-state index contributed by atoms with van der Waals surface area (Å²) < 4.78 is 0. The van der Waals surface area contributed by atoms with E-state index in [9.17, 15) is 4.79 Å². The molecule has 1 amide bonds. The summed E-state index contributed by atoms with van der Waals surface area (Å²) in [7, 11) is 0. The van der Waals surface area contributed by atoms with Gasteiger partial charge in [0.2, 0.25) is 5.95 Å². The number of nitrogens with zero attached hydrogens (tertiary/aromatic N) is 4.